The molecule has 0 fully saturated rings. The van der Waals surface area contributed by atoms with Gasteiger partial charge in [-0.1, -0.05) is 41.9 Å². The van der Waals surface area contributed by atoms with Crippen LogP contribution in [0.15, 0.2) is 54.6 Å². The molecule has 1 unspecified atom stereocenters. The van der Waals surface area contributed by atoms with Gasteiger partial charge in [-0.05, 0) is 54.3 Å². The Morgan fingerprint density at radius 3 is 2.58 bits per heavy atom. The van der Waals surface area contributed by atoms with Gasteiger partial charge in [0, 0.05) is 24.7 Å². The van der Waals surface area contributed by atoms with Crippen LogP contribution in [0.4, 0.5) is 0 Å². The summed E-state index contributed by atoms with van der Waals surface area (Å²) in [5.74, 6) is 0.893. The molecule has 0 N–H and O–H groups in total. The van der Waals surface area contributed by atoms with Crippen molar-refractivity contribution >= 4 is 23.0 Å². The van der Waals surface area contributed by atoms with Crippen molar-refractivity contribution in [2.75, 3.05) is 26.7 Å². The molecule has 3 rings (SSSR count). The first kappa shape index (κ1) is 18.7. The molecule has 136 valence electrons. The van der Waals surface area contributed by atoms with Gasteiger partial charge in [-0.15, -0.1) is 0 Å². The fourth-order valence-electron chi connectivity index (χ4n) is 3.39. The number of rotatable bonds is 6. The molecule has 1 aliphatic heterocycles. The smallest absolute Gasteiger partial charge is 0.138 e. The van der Waals surface area contributed by atoms with E-state index >= 15 is 0 Å². The Kier molecular flexibility index (Phi) is 6.12. The average Bonchev–Trinajstić information content (AvgIpc) is 2.66. The van der Waals surface area contributed by atoms with Crippen molar-refractivity contribution in [1.29, 1.82) is 0 Å². The first-order chi connectivity index (χ1) is 12.6. The highest BCUT2D eigenvalue weighted by Crippen LogP contribution is 2.27. The maximum Gasteiger partial charge on any atom is 0.138 e. The molecule has 2 aromatic rings. The van der Waals surface area contributed by atoms with Crippen LogP contribution in [0.5, 0.6) is 5.75 Å². The summed E-state index contributed by atoms with van der Waals surface area (Å²) in [5, 5.41) is 0.766. The van der Waals surface area contributed by atoms with Crippen LogP contribution in [-0.2, 0) is 4.79 Å². The van der Waals surface area contributed by atoms with Gasteiger partial charge >= 0.3 is 0 Å². The molecule has 2 aromatic carbocycles. The van der Waals surface area contributed by atoms with Gasteiger partial charge in [0.05, 0.1) is 13.0 Å². The van der Waals surface area contributed by atoms with E-state index in [1.807, 2.05) is 42.5 Å². The topological polar surface area (TPSA) is 29.5 Å². The summed E-state index contributed by atoms with van der Waals surface area (Å²) in [5.41, 5.74) is 3.56. The molecule has 0 saturated heterocycles. The molecule has 0 saturated carbocycles. The predicted octanol–water partition coefficient (Wildman–Crippen LogP) is 4.81. The summed E-state index contributed by atoms with van der Waals surface area (Å²) in [6, 6.07) is 15.8. The van der Waals surface area contributed by atoms with Crippen LogP contribution >= 0.6 is 11.6 Å². The number of hydrogen-bond donors (Lipinski definition) is 0. The zero-order valence-electron chi connectivity index (χ0n) is 15.2. The molecule has 26 heavy (non-hydrogen) atoms. The molecule has 4 heteroatoms. The molecule has 1 aliphatic rings. The fourth-order valence-corrected chi connectivity index (χ4v) is 3.58. The Hall–Kier alpha value is -2.10. The maximum absolute atomic E-state index is 12.2. The second-order valence-corrected chi connectivity index (χ2v) is 7.12. The van der Waals surface area contributed by atoms with Gasteiger partial charge < -0.3 is 4.74 Å². The quantitative estimate of drug-likeness (QED) is 0.731. The molecule has 3 nitrogen and oxygen atoms in total. The van der Waals surface area contributed by atoms with Gasteiger partial charge in [0.15, 0.2) is 0 Å². The lowest BCUT2D eigenvalue weighted by atomic mass is 9.93. The third-order valence-corrected chi connectivity index (χ3v) is 5.17. The lowest BCUT2D eigenvalue weighted by Gasteiger charge is -2.29. The zero-order valence-corrected chi connectivity index (χ0v) is 16.0. The third-order valence-electron chi connectivity index (χ3n) is 4.94. The number of nitrogens with zero attached hydrogens (tertiary/aromatic N) is 1. The number of methoxy groups -OCH3 is 1. The lowest BCUT2D eigenvalue weighted by molar-refractivity contribution is -0.118. The van der Waals surface area contributed by atoms with E-state index in [0.29, 0.717) is 0 Å². The number of ether oxygens (including phenoxy) is 1. The fraction of sp³-hybridized carbons (Fsp3) is 0.318. The van der Waals surface area contributed by atoms with E-state index in [-0.39, 0.29) is 11.7 Å². The van der Waals surface area contributed by atoms with Gasteiger partial charge in [0.1, 0.15) is 11.5 Å². The van der Waals surface area contributed by atoms with Crippen molar-refractivity contribution in [3.63, 3.8) is 0 Å². The molecule has 1 heterocycles. The van der Waals surface area contributed by atoms with E-state index in [9.17, 15) is 4.79 Å². The summed E-state index contributed by atoms with van der Waals surface area (Å²) in [7, 11) is 1.65. The zero-order chi connectivity index (χ0) is 18.5. The number of ketones is 1. The summed E-state index contributed by atoms with van der Waals surface area (Å²) in [6.45, 7) is 4.20. The van der Waals surface area contributed by atoms with Crippen molar-refractivity contribution in [3.8, 4) is 5.75 Å². The van der Waals surface area contributed by atoms with Crippen molar-refractivity contribution < 1.29 is 9.53 Å². The van der Waals surface area contributed by atoms with Crippen LogP contribution in [0.1, 0.15) is 30.4 Å². The van der Waals surface area contributed by atoms with Crippen molar-refractivity contribution in [1.82, 2.24) is 4.90 Å². The third kappa shape index (κ3) is 4.54. The average molecular weight is 370 g/mol. The molecular formula is C22H24ClNO2. The van der Waals surface area contributed by atoms with Crippen molar-refractivity contribution in [3.05, 3.63) is 70.8 Å². The van der Waals surface area contributed by atoms with Gasteiger partial charge in [0.25, 0.3) is 0 Å². The predicted molar refractivity (Wildman–Crippen MR) is 107 cm³/mol. The normalized spacial score (nSPS) is 16.0. The molecule has 1 atom stereocenters. The minimum Gasteiger partial charge on any atom is -0.497 e. The van der Waals surface area contributed by atoms with Crippen molar-refractivity contribution in [2.24, 2.45) is 0 Å². The molecule has 0 aliphatic carbocycles. The summed E-state index contributed by atoms with van der Waals surface area (Å²) in [4.78, 5) is 14.5. The Morgan fingerprint density at radius 1 is 1.23 bits per heavy atom. The highest BCUT2D eigenvalue weighted by atomic mass is 35.5. The Labute approximate surface area is 160 Å². The molecule has 0 bridgehead atoms. The van der Waals surface area contributed by atoms with Gasteiger partial charge in [-0.2, -0.15) is 0 Å². The lowest BCUT2D eigenvalue weighted by Crippen LogP contribution is -2.34. The number of Topliss-reactive ketones (excluding diaryl/α,β-unsaturated/α-hetero) is 1. The number of hydrogen-bond acceptors (Lipinski definition) is 3. The van der Waals surface area contributed by atoms with Crippen LogP contribution in [-0.4, -0.2) is 37.4 Å². The minimum absolute atomic E-state index is 0.109. The number of benzene rings is 2. The Balaban J connectivity index is 1.68. The molecular weight excluding hydrogens is 346 g/mol. The van der Waals surface area contributed by atoms with Crippen molar-refractivity contribution in [2.45, 2.75) is 19.3 Å². The Bertz CT molecular complexity index is 798. The van der Waals surface area contributed by atoms with E-state index in [1.54, 1.807) is 14.0 Å². The summed E-state index contributed by atoms with van der Waals surface area (Å²) < 4.78 is 5.21. The number of carbonyl (C=O) groups excluding carboxylic acids is 1. The second kappa shape index (κ2) is 8.52. The first-order valence-corrected chi connectivity index (χ1v) is 9.26. The van der Waals surface area contributed by atoms with Crippen LogP contribution in [0, 0.1) is 0 Å². The molecule has 0 amide bonds. The monoisotopic (exact) mass is 369 g/mol. The number of carbonyl (C=O) groups is 1. The number of halogens is 1. The van der Waals surface area contributed by atoms with Crippen LogP contribution in [0.3, 0.4) is 0 Å². The van der Waals surface area contributed by atoms with E-state index in [4.69, 9.17) is 16.3 Å². The standard InChI is InChI=1S/C22H24ClNO2/c1-16(25)22(18-6-8-21(26-2)9-7-18)15-24-12-10-17(11-13-24)19-4-3-5-20(23)14-19/h3-10,14,22H,11-13,15H2,1-2H3. The largest absolute Gasteiger partial charge is 0.497 e. The van der Waals surface area contributed by atoms with Gasteiger partial charge in [-0.25, -0.2) is 0 Å². The first-order valence-electron chi connectivity index (χ1n) is 8.88. The van der Waals surface area contributed by atoms with E-state index in [1.165, 1.54) is 11.1 Å². The molecule has 0 aromatic heterocycles. The van der Waals surface area contributed by atoms with E-state index in [2.05, 4.69) is 17.0 Å². The highest BCUT2D eigenvalue weighted by Gasteiger charge is 2.22. The SMILES string of the molecule is COc1ccc(C(CN2CC=C(c3cccc(Cl)c3)CC2)C(C)=O)cc1. The summed E-state index contributed by atoms with van der Waals surface area (Å²) >= 11 is 6.10. The Morgan fingerprint density at radius 2 is 2.00 bits per heavy atom. The summed E-state index contributed by atoms with van der Waals surface area (Å²) in [6.07, 6.45) is 3.22. The van der Waals surface area contributed by atoms with E-state index < -0.39 is 0 Å². The molecule has 0 spiro atoms. The highest BCUT2D eigenvalue weighted by molar-refractivity contribution is 6.30. The van der Waals surface area contributed by atoms with Crippen LogP contribution < -0.4 is 4.74 Å². The maximum atomic E-state index is 12.2. The van der Waals surface area contributed by atoms with Gasteiger partial charge in [0.2, 0.25) is 0 Å². The molecule has 0 radical (unpaired) electrons. The minimum atomic E-state index is -0.109. The van der Waals surface area contributed by atoms with E-state index in [0.717, 1.165) is 42.4 Å². The van der Waals surface area contributed by atoms with Crippen LogP contribution in [0.2, 0.25) is 5.02 Å². The van der Waals surface area contributed by atoms with Gasteiger partial charge in [-0.3, -0.25) is 9.69 Å². The van der Waals surface area contributed by atoms with Crippen LogP contribution in [0.25, 0.3) is 5.57 Å². The second-order valence-electron chi connectivity index (χ2n) is 6.69.